The minimum atomic E-state index is -4.56. The van der Waals surface area contributed by atoms with E-state index in [9.17, 15) is 19.4 Å². The number of quaternary nitrogens is 1. The summed E-state index contributed by atoms with van der Waals surface area (Å²) in [6.07, 6.45) is 42.1. The standard InChI is InChI=1S/C45H91N2O6P/c1-6-8-10-12-14-16-18-20-21-22-23-24-25-26-27-29-31-33-35-37-39-45(49)46-43(42-53-54(50,51)52-41-40-47(3,4)5)44(48)38-36-34-32-30-28-19-17-15-13-11-9-7-2/h23-24,43-44,48H,6-22,25-42H2,1-5H3,(H-,46,49,50,51)/b24-23-. The second-order valence-corrected chi connectivity index (χ2v) is 18.5. The Morgan fingerprint density at radius 1 is 0.630 bits per heavy atom. The number of nitrogens with zero attached hydrogens (tertiary/aromatic N) is 1. The van der Waals surface area contributed by atoms with Gasteiger partial charge in [-0.25, -0.2) is 0 Å². The van der Waals surface area contributed by atoms with Crippen LogP contribution in [0.3, 0.4) is 0 Å². The van der Waals surface area contributed by atoms with Crippen LogP contribution in [0.1, 0.15) is 219 Å². The van der Waals surface area contributed by atoms with E-state index >= 15 is 0 Å². The molecule has 322 valence electrons. The number of aliphatic hydroxyl groups is 1. The molecule has 1 amide bonds. The Morgan fingerprint density at radius 2 is 1.02 bits per heavy atom. The van der Waals surface area contributed by atoms with E-state index in [0.29, 0.717) is 23.9 Å². The Morgan fingerprint density at radius 3 is 1.44 bits per heavy atom. The first kappa shape index (κ1) is 53.2. The number of hydrogen-bond acceptors (Lipinski definition) is 6. The SMILES string of the molecule is CCCCCCCCCCC/C=C\CCCCCCCCCC(=O)NC(COP(=O)([O-])OCC[N+](C)(C)C)C(O)CCCCCCCCCCCCCC. The molecule has 2 N–H and O–H groups in total. The normalized spacial score (nSPS) is 14.4. The van der Waals surface area contributed by atoms with Crippen molar-refractivity contribution >= 4 is 13.7 Å². The van der Waals surface area contributed by atoms with E-state index in [1.54, 1.807) is 0 Å². The van der Waals surface area contributed by atoms with Gasteiger partial charge in [0.25, 0.3) is 7.82 Å². The molecular weight excluding hydrogens is 695 g/mol. The Labute approximate surface area is 335 Å². The van der Waals surface area contributed by atoms with E-state index in [4.69, 9.17) is 9.05 Å². The van der Waals surface area contributed by atoms with Crippen molar-refractivity contribution in [3.05, 3.63) is 12.2 Å². The van der Waals surface area contributed by atoms with Gasteiger partial charge in [0.05, 0.1) is 39.9 Å². The van der Waals surface area contributed by atoms with Crippen LogP contribution >= 0.6 is 7.82 Å². The fraction of sp³-hybridized carbons (Fsp3) is 0.933. The van der Waals surface area contributed by atoms with Gasteiger partial charge in [0.2, 0.25) is 5.91 Å². The highest BCUT2D eigenvalue weighted by molar-refractivity contribution is 7.45. The van der Waals surface area contributed by atoms with Crippen LogP contribution < -0.4 is 10.2 Å². The van der Waals surface area contributed by atoms with Gasteiger partial charge in [0.1, 0.15) is 13.2 Å². The number of phosphoric acid groups is 1. The lowest BCUT2D eigenvalue weighted by Crippen LogP contribution is -2.46. The molecular formula is C45H91N2O6P. The highest BCUT2D eigenvalue weighted by atomic mass is 31.2. The summed E-state index contributed by atoms with van der Waals surface area (Å²) >= 11 is 0. The first-order valence-corrected chi connectivity index (χ1v) is 24.5. The van der Waals surface area contributed by atoms with Crippen molar-refractivity contribution in [3.8, 4) is 0 Å². The van der Waals surface area contributed by atoms with Crippen molar-refractivity contribution in [2.75, 3.05) is 40.9 Å². The van der Waals surface area contributed by atoms with Crippen LogP contribution in [-0.2, 0) is 18.4 Å². The zero-order valence-electron chi connectivity index (χ0n) is 36.4. The quantitative estimate of drug-likeness (QED) is 0.0276. The minimum absolute atomic E-state index is 0.0131. The molecule has 3 unspecified atom stereocenters. The molecule has 0 heterocycles. The zero-order chi connectivity index (χ0) is 40.0. The average molecular weight is 787 g/mol. The van der Waals surface area contributed by atoms with Gasteiger partial charge in [0, 0.05) is 6.42 Å². The predicted octanol–water partition coefficient (Wildman–Crippen LogP) is 12.1. The largest absolute Gasteiger partial charge is 0.756 e. The van der Waals surface area contributed by atoms with E-state index in [2.05, 4.69) is 31.3 Å². The van der Waals surface area contributed by atoms with Gasteiger partial charge in [-0.15, -0.1) is 0 Å². The molecule has 0 saturated heterocycles. The molecule has 8 nitrogen and oxygen atoms in total. The van der Waals surface area contributed by atoms with Crippen molar-refractivity contribution in [1.29, 1.82) is 0 Å². The Balaban J connectivity index is 4.28. The van der Waals surface area contributed by atoms with Crippen molar-refractivity contribution in [2.45, 2.75) is 231 Å². The van der Waals surface area contributed by atoms with Gasteiger partial charge in [-0.2, -0.15) is 0 Å². The molecule has 0 spiro atoms. The molecule has 0 fully saturated rings. The molecule has 0 bridgehead atoms. The summed E-state index contributed by atoms with van der Waals surface area (Å²) in [6, 6.07) is -0.798. The maximum absolute atomic E-state index is 12.9. The second-order valence-electron chi connectivity index (χ2n) is 17.1. The highest BCUT2D eigenvalue weighted by Gasteiger charge is 2.24. The summed E-state index contributed by atoms with van der Waals surface area (Å²) in [4.78, 5) is 25.3. The van der Waals surface area contributed by atoms with Crippen molar-refractivity contribution in [1.82, 2.24) is 5.32 Å². The molecule has 9 heteroatoms. The second kappa shape index (κ2) is 37.8. The molecule has 0 aliphatic rings. The summed E-state index contributed by atoms with van der Waals surface area (Å²) < 4.78 is 23.2. The number of rotatable bonds is 42. The smallest absolute Gasteiger partial charge is 0.268 e. The average Bonchev–Trinajstić information content (AvgIpc) is 3.12. The van der Waals surface area contributed by atoms with E-state index < -0.39 is 20.0 Å². The van der Waals surface area contributed by atoms with Crippen LogP contribution in [0, 0.1) is 0 Å². The number of carbonyl (C=O) groups is 1. The molecule has 0 rings (SSSR count). The van der Waals surface area contributed by atoms with Crippen LogP contribution in [0.25, 0.3) is 0 Å². The summed E-state index contributed by atoms with van der Waals surface area (Å²) in [5.74, 6) is -0.168. The predicted molar refractivity (Wildman–Crippen MR) is 229 cm³/mol. The number of aliphatic hydroxyl groups excluding tert-OH is 1. The molecule has 0 aliphatic carbocycles. The van der Waals surface area contributed by atoms with Gasteiger partial charge in [0.15, 0.2) is 0 Å². The van der Waals surface area contributed by atoms with Crippen LogP contribution in [-0.4, -0.2) is 68.5 Å². The number of likely N-dealkylation sites (N-methyl/N-ethyl adjacent to an activating group) is 1. The number of nitrogens with one attached hydrogen (secondary N) is 1. The van der Waals surface area contributed by atoms with E-state index in [-0.39, 0.29) is 19.1 Å². The maximum Gasteiger partial charge on any atom is 0.268 e. The summed E-state index contributed by atoms with van der Waals surface area (Å²) in [6.45, 7) is 4.72. The lowest BCUT2D eigenvalue weighted by atomic mass is 10.0. The number of carbonyl (C=O) groups excluding carboxylic acids is 1. The van der Waals surface area contributed by atoms with E-state index in [0.717, 1.165) is 38.5 Å². The fourth-order valence-electron chi connectivity index (χ4n) is 6.80. The summed E-state index contributed by atoms with van der Waals surface area (Å²) in [5, 5.41) is 13.9. The monoisotopic (exact) mass is 787 g/mol. The van der Waals surface area contributed by atoms with Gasteiger partial charge in [-0.1, -0.05) is 187 Å². The van der Waals surface area contributed by atoms with Gasteiger partial charge in [-0.05, 0) is 38.5 Å². The molecule has 0 saturated carbocycles. The van der Waals surface area contributed by atoms with E-state index in [1.807, 2.05) is 21.1 Å². The topological polar surface area (TPSA) is 108 Å². The van der Waals surface area contributed by atoms with Crippen LogP contribution in [0.5, 0.6) is 0 Å². The summed E-state index contributed by atoms with van der Waals surface area (Å²) in [7, 11) is 1.31. The first-order chi connectivity index (χ1) is 26.0. The highest BCUT2D eigenvalue weighted by Crippen LogP contribution is 2.38. The zero-order valence-corrected chi connectivity index (χ0v) is 37.3. The number of phosphoric ester groups is 1. The molecule has 0 radical (unpaired) electrons. The molecule has 3 atom stereocenters. The fourth-order valence-corrected chi connectivity index (χ4v) is 7.52. The number of amides is 1. The van der Waals surface area contributed by atoms with Crippen LogP contribution in [0.4, 0.5) is 0 Å². The minimum Gasteiger partial charge on any atom is -0.756 e. The first-order valence-electron chi connectivity index (χ1n) is 23.0. The van der Waals surface area contributed by atoms with Crippen molar-refractivity contribution in [2.24, 2.45) is 0 Å². The number of unbranched alkanes of at least 4 members (excludes halogenated alkanes) is 27. The molecule has 0 aromatic rings. The van der Waals surface area contributed by atoms with Gasteiger partial charge >= 0.3 is 0 Å². The summed E-state index contributed by atoms with van der Waals surface area (Å²) in [5.41, 5.74) is 0. The molecule has 0 aromatic carbocycles. The maximum atomic E-state index is 12.9. The van der Waals surface area contributed by atoms with Gasteiger partial charge < -0.3 is 28.8 Å². The van der Waals surface area contributed by atoms with Crippen LogP contribution in [0.2, 0.25) is 0 Å². The van der Waals surface area contributed by atoms with Crippen LogP contribution in [0.15, 0.2) is 12.2 Å². The Hall–Kier alpha value is -0.760. The third-order valence-electron chi connectivity index (χ3n) is 10.5. The molecule has 54 heavy (non-hydrogen) atoms. The lowest BCUT2D eigenvalue weighted by molar-refractivity contribution is -0.870. The third-order valence-corrected chi connectivity index (χ3v) is 11.5. The molecule has 0 aliphatic heterocycles. The Bertz CT molecular complexity index is 896. The lowest BCUT2D eigenvalue weighted by Gasteiger charge is -2.30. The Kier molecular flexibility index (Phi) is 37.3. The molecule has 0 aromatic heterocycles. The van der Waals surface area contributed by atoms with Crippen molar-refractivity contribution in [3.63, 3.8) is 0 Å². The number of allylic oxidation sites excluding steroid dienone is 2. The number of hydrogen-bond donors (Lipinski definition) is 2. The van der Waals surface area contributed by atoms with E-state index in [1.165, 1.54) is 154 Å². The van der Waals surface area contributed by atoms with Gasteiger partial charge in [-0.3, -0.25) is 9.36 Å². The van der Waals surface area contributed by atoms with Crippen molar-refractivity contribution < 1.29 is 32.9 Å². The third kappa shape index (κ3) is 39.5.